The number of fused-ring (bicyclic) bond motifs is 1. The lowest BCUT2D eigenvalue weighted by molar-refractivity contribution is -0.132. The summed E-state index contributed by atoms with van der Waals surface area (Å²) in [6.45, 7) is 6.36. The van der Waals surface area contributed by atoms with Gasteiger partial charge in [0.25, 0.3) is 5.78 Å². The number of aryl methyl sites for hydroxylation is 1. The van der Waals surface area contributed by atoms with Crippen LogP contribution in [0.1, 0.15) is 54.4 Å². The number of ether oxygens (including phenoxy) is 3. The Morgan fingerprint density at radius 1 is 1.18 bits per heavy atom. The van der Waals surface area contributed by atoms with Gasteiger partial charge >= 0.3 is 5.91 Å². The van der Waals surface area contributed by atoms with E-state index in [2.05, 4.69) is 17.1 Å². The number of rotatable bonds is 8. The van der Waals surface area contributed by atoms with Crippen LogP contribution in [0.5, 0.6) is 17.2 Å². The lowest BCUT2D eigenvalue weighted by Crippen LogP contribution is -2.29. The summed E-state index contributed by atoms with van der Waals surface area (Å²) in [5.74, 6) is -0.0799. The first-order valence-corrected chi connectivity index (χ1v) is 13.4. The fourth-order valence-corrected chi connectivity index (χ4v) is 5.47. The largest absolute Gasteiger partial charge is 0.507 e. The Balaban J connectivity index is 1.64. The highest BCUT2D eigenvalue weighted by Crippen LogP contribution is 2.45. The van der Waals surface area contributed by atoms with Gasteiger partial charge in [-0.3, -0.25) is 14.5 Å². The maximum absolute atomic E-state index is 13.4. The smallest absolute Gasteiger partial charge is 0.301 e. The molecule has 2 aromatic carbocycles. The molecule has 2 aliphatic rings. The molecular weight excluding hydrogens is 506 g/mol. The highest BCUT2D eigenvalue weighted by molar-refractivity contribution is 7.15. The Bertz CT molecular complexity index is 1430. The fraction of sp³-hybridized carbons (Fsp3) is 0.357. The number of aliphatic hydroxyl groups is 1. The number of methoxy groups -OCH3 is 1. The van der Waals surface area contributed by atoms with Crippen molar-refractivity contribution in [2.45, 2.75) is 52.2 Å². The van der Waals surface area contributed by atoms with Gasteiger partial charge in [-0.15, -0.1) is 10.2 Å². The SMILES string of the molecule is CCCCOc1ccc(C2/C(=C(/O)c3ccc4c(c3)CC(C)O4)C(=O)C(=O)N2c2nnc(C)s2)cc1OC. The lowest BCUT2D eigenvalue weighted by Gasteiger charge is -2.23. The van der Waals surface area contributed by atoms with Gasteiger partial charge in [0, 0.05) is 12.0 Å². The number of carbonyl (C=O) groups is 2. The molecule has 38 heavy (non-hydrogen) atoms. The first-order chi connectivity index (χ1) is 18.3. The van der Waals surface area contributed by atoms with Gasteiger partial charge in [0.1, 0.15) is 22.6 Å². The van der Waals surface area contributed by atoms with Crippen molar-refractivity contribution in [3.8, 4) is 17.2 Å². The molecular formula is C28H29N3O6S. The second kappa shape index (κ2) is 10.4. The third-order valence-electron chi connectivity index (χ3n) is 6.59. The molecule has 1 fully saturated rings. The first kappa shape index (κ1) is 25.7. The van der Waals surface area contributed by atoms with E-state index >= 15 is 0 Å². The summed E-state index contributed by atoms with van der Waals surface area (Å²) >= 11 is 1.20. The van der Waals surface area contributed by atoms with Crippen LogP contribution >= 0.6 is 11.3 Å². The van der Waals surface area contributed by atoms with E-state index in [1.54, 1.807) is 43.3 Å². The molecule has 3 aromatic rings. The Labute approximate surface area is 224 Å². The van der Waals surface area contributed by atoms with E-state index in [4.69, 9.17) is 14.2 Å². The topological polar surface area (TPSA) is 111 Å². The van der Waals surface area contributed by atoms with Gasteiger partial charge in [-0.1, -0.05) is 30.7 Å². The van der Waals surface area contributed by atoms with Gasteiger partial charge in [0.15, 0.2) is 11.5 Å². The van der Waals surface area contributed by atoms with Crippen molar-refractivity contribution in [3.05, 3.63) is 63.7 Å². The number of aromatic nitrogens is 2. The number of benzene rings is 2. The Hall–Kier alpha value is -3.92. The van der Waals surface area contributed by atoms with E-state index in [9.17, 15) is 14.7 Å². The van der Waals surface area contributed by atoms with Crippen LogP contribution in [0.3, 0.4) is 0 Å². The normalized spacial score (nSPS) is 19.9. The zero-order chi connectivity index (χ0) is 27.0. The molecule has 2 atom stereocenters. The van der Waals surface area contributed by atoms with Crippen molar-refractivity contribution >= 4 is 33.9 Å². The van der Waals surface area contributed by atoms with Gasteiger partial charge in [0.2, 0.25) is 5.13 Å². The van der Waals surface area contributed by atoms with E-state index in [0.29, 0.717) is 40.7 Å². The van der Waals surface area contributed by atoms with Crippen LogP contribution in [0.2, 0.25) is 0 Å². The van der Waals surface area contributed by atoms with Gasteiger partial charge in [-0.2, -0.15) is 0 Å². The number of ketones is 1. The Morgan fingerprint density at radius 2 is 2.00 bits per heavy atom. The van der Waals surface area contributed by atoms with E-state index in [-0.39, 0.29) is 22.6 Å². The molecule has 0 bridgehead atoms. The van der Waals surface area contributed by atoms with Crippen LogP contribution in [-0.4, -0.2) is 46.8 Å². The number of nitrogens with zero attached hydrogens (tertiary/aromatic N) is 3. The van der Waals surface area contributed by atoms with Gasteiger partial charge in [-0.25, -0.2) is 0 Å². The van der Waals surface area contributed by atoms with E-state index < -0.39 is 17.7 Å². The van der Waals surface area contributed by atoms with Crippen molar-refractivity contribution in [1.29, 1.82) is 0 Å². The number of amides is 1. The van der Waals surface area contributed by atoms with Crippen LogP contribution in [0.15, 0.2) is 42.0 Å². The number of anilines is 1. The van der Waals surface area contributed by atoms with Gasteiger partial charge in [-0.05, 0) is 61.7 Å². The number of hydrogen-bond donors (Lipinski definition) is 1. The molecule has 0 radical (unpaired) electrons. The first-order valence-electron chi connectivity index (χ1n) is 12.5. The summed E-state index contributed by atoms with van der Waals surface area (Å²) < 4.78 is 17.2. The number of carbonyl (C=O) groups excluding carboxylic acids is 2. The van der Waals surface area contributed by atoms with E-state index in [1.165, 1.54) is 23.3 Å². The number of aliphatic hydroxyl groups excluding tert-OH is 1. The average molecular weight is 536 g/mol. The minimum absolute atomic E-state index is 0.0270. The maximum atomic E-state index is 13.4. The molecule has 1 saturated heterocycles. The molecule has 1 N–H and O–H groups in total. The summed E-state index contributed by atoms with van der Waals surface area (Å²) in [5, 5.41) is 20.6. The quantitative estimate of drug-likeness (QED) is 0.186. The van der Waals surface area contributed by atoms with Crippen molar-refractivity contribution in [2.75, 3.05) is 18.6 Å². The minimum atomic E-state index is -0.940. The standard InChI is InChI=1S/C28H29N3O6S/c1-5-6-11-36-21-10-7-17(14-22(21)35-4)24-23(26(33)27(34)31(24)28-30-29-16(3)38-28)25(32)18-8-9-20-19(13-18)12-15(2)37-20/h7-10,13-15,24,32H,5-6,11-12H2,1-4H3/b25-23-. The van der Waals surface area contributed by atoms with Crippen LogP contribution in [0, 0.1) is 6.92 Å². The zero-order valence-corrected chi connectivity index (χ0v) is 22.5. The zero-order valence-electron chi connectivity index (χ0n) is 21.7. The average Bonchev–Trinajstić information content (AvgIpc) is 3.58. The lowest BCUT2D eigenvalue weighted by atomic mass is 9.94. The maximum Gasteiger partial charge on any atom is 0.301 e. The molecule has 2 unspecified atom stereocenters. The molecule has 0 spiro atoms. The summed E-state index contributed by atoms with van der Waals surface area (Å²) in [7, 11) is 1.53. The van der Waals surface area contributed by atoms with Crippen molar-refractivity contribution in [2.24, 2.45) is 0 Å². The highest BCUT2D eigenvalue weighted by Gasteiger charge is 2.48. The minimum Gasteiger partial charge on any atom is -0.507 e. The molecule has 5 rings (SSSR count). The predicted molar refractivity (Wildman–Crippen MR) is 143 cm³/mol. The molecule has 198 valence electrons. The highest BCUT2D eigenvalue weighted by atomic mass is 32.1. The number of Topliss-reactive ketones (excluding diaryl/α,β-unsaturated/α-hetero) is 1. The molecule has 10 heteroatoms. The summed E-state index contributed by atoms with van der Waals surface area (Å²) in [6.07, 6.45) is 2.60. The second-order valence-electron chi connectivity index (χ2n) is 9.34. The fourth-order valence-electron chi connectivity index (χ4n) is 4.75. The van der Waals surface area contributed by atoms with E-state index in [0.717, 1.165) is 24.2 Å². The van der Waals surface area contributed by atoms with Crippen molar-refractivity contribution in [3.63, 3.8) is 0 Å². The predicted octanol–water partition coefficient (Wildman–Crippen LogP) is 4.98. The van der Waals surface area contributed by atoms with Crippen molar-refractivity contribution < 1.29 is 28.9 Å². The number of hydrogen-bond acceptors (Lipinski definition) is 9. The second-order valence-corrected chi connectivity index (χ2v) is 10.5. The van der Waals surface area contributed by atoms with Crippen molar-refractivity contribution in [1.82, 2.24) is 10.2 Å². The summed E-state index contributed by atoms with van der Waals surface area (Å²) in [6, 6.07) is 9.58. The molecule has 0 aliphatic carbocycles. The van der Waals surface area contributed by atoms with Crippen LogP contribution in [0.4, 0.5) is 5.13 Å². The molecule has 0 saturated carbocycles. The Kier molecular flexibility index (Phi) is 7.07. The number of unbranched alkanes of at least 4 members (excludes halogenated alkanes) is 1. The van der Waals surface area contributed by atoms with E-state index in [1.807, 2.05) is 6.92 Å². The monoisotopic (exact) mass is 535 g/mol. The summed E-state index contributed by atoms with van der Waals surface area (Å²) in [5.41, 5.74) is 1.90. The third-order valence-corrected chi connectivity index (χ3v) is 7.43. The van der Waals surface area contributed by atoms with Crippen LogP contribution < -0.4 is 19.1 Å². The van der Waals surface area contributed by atoms with Crippen LogP contribution in [0.25, 0.3) is 5.76 Å². The van der Waals surface area contributed by atoms with Gasteiger partial charge < -0.3 is 19.3 Å². The summed E-state index contributed by atoms with van der Waals surface area (Å²) in [4.78, 5) is 28.1. The molecule has 3 heterocycles. The molecule has 1 amide bonds. The third kappa shape index (κ3) is 4.60. The molecule has 9 nitrogen and oxygen atoms in total. The van der Waals surface area contributed by atoms with Crippen LogP contribution in [-0.2, 0) is 16.0 Å². The van der Waals surface area contributed by atoms with Gasteiger partial charge in [0.05, 0.1) is 25.3 Å². The Morgan fingerprint density at radius 3 is 2.71 bits per heavy atom. The molecule has 1 aromatic heterocycles. The molecule has 2 aliphatic heterocycles.